The van der Waals surface area contributed by atoms with E-state index in [1.54, 1.807) is 0 Å². The van der Waals surface area contributed by atoms with E-state index in [9.17, 15) is 0 Å². The zero-order chi connectivity index (χ0) is 46.1. The third-order valence-corrected chi connectivity index (χ3v) is 14.3. The van der Waals surface area contributed by atoms with Gasteiger partial charge in [-0.3, -0.25) is 9.56 Å². The van der Waals surface area contributed by atoms with Gasteiger partial charge in [0.05, 0.1) is 22.1 Å². The number of hydrogen-bond donors (Lipinski definition) is 0. The quantitative estimate of drug-likeness (QED) is 0.147. The smallest absolute Gasteiger partial charge is 0.145 e. The Kier molecular flexibility index (Phi) is 9.45. The van der Waals surface area contributed by atoms with Crippen LogP contribution in [0.4, 0.5) is 0 Å². The maximum Gasteiger partial charge on any atom is 0.145 e. The van der Waals surface area contributed by atoms with Crippen molar-refractivity contribution in [1.29, 1.82) is 0 Å². The number of nitrogens with zero attached hydrogens (tertiary/aromatic N) is 3. The van der Waals surface area contributed by atoms with E-state index in [1.807, 2.05) is 6.07 Å². The van der Waals surface area contributed by atoms with E-state index in [0.717, 1.165) is 72.2 Å². The van der Waals surface area contributed by atoms with Gasteiger partial charge in [0.1, 0.15) is 5.82 Å². The fraction of sp³-hybridized carbons (Fsp3) is 0.0303. The van der Waals surface area contributed by atoms with Crippen LogP contribution in [0, 0.1) is 0 Å². The molecular weight excluding hydrogens is 835 g/mol. The predicted molar refractivity (Wildman–Crippen MR) is 286 cm³/mol. The summed E-state index contributed by atoms with van der Waals surface area (Å²) in [5.74, 6) is 0.918. The van der Waals surface area contributed by atoms with Crippen LogP contribution in [0.25, 0.3) is 84.9 Å². The molecule has 0 N–H and O–H groups in total. The molecule has 324 valence electrons. The van der Waals surface area contributed by atoms with Gasteiger partial charge in [0.15, 0.2) is 0 Å². The van der Waals surface area contributed by atoms with E-state index >= 15 is 0 Å². The molecule has 3 heteroatoms. The highest BCUT2D eigenvalue weighted by Crippen LogP contribution is 2.65. The van der Waals surface area contributed by atoms with E-state index in [1.165, 1.54) is 55.6 Å². The first-order chi connectivity index (χ1) is 34.1. The minimum Gasteiger partial charge on any atom is -0.292 e. The van der Waals surface area contributed by atoms with Crippen molar-refractivity contribution in [3.05, 3.63) is 286 Å². The second-order valence-electron chi connectivity index (χ2n) is 18.1. The molecule has 1 spiro atoms. The van der Waals surface area contributed by atoms with Crippen molar-refractivity contribution in [2.75, 3.05) is 0 Å². The van der Waals surface area contributed by atoms with E-state index in [-0.39, 0.29) is 0 Å². The van der Waals surface area contributed by atoms with Crippen molar-refractivity contribution in [3.8, 4) is 61.6 Å². The highest BCUT2D eigenvalue weighted by Gasteiger charge is 2.52. The summed E-state index contributed by atoms with van der Waals surface area (Å²) >= 11 is 0. The maximum absolute atomic E-state index is 5.37. The lowest BCUT2D eigenvalue weighted by molar-refractivity contribution is 0.794. The molecule has 0 fully saturated rings. The molecule has 1 unspecified atom stereocenters. The molecular formula is C66H45N3. The Bertz CT molecular complexity index is 3980. The van der Waals surface area contributed by atoms with E-state index in [0.29, 0.717) is 0 Å². The monoisotopic (exact) mass is 879 g/mol. The third-order valence-electron chi connectivity index (χ3n) is 14.3. The molecule has 0 bridgehead atoms. The molecule has 1 atom stereocenters. The van der Waals surface area contributed by atoms with Gasteiger partial charge >= 0.3 is 0 Å². The molecule has 0 saturated heterocycles. The number of fused-ring (bicyclic) bond motifs is 11. The zero-order valence-electron chi connectivity index (χ0n) is 38.1. The first-order valence-corrected chi connectivity index (χ1v) is 23.7. The van der Waals surface area contributed by atoms with Crippen LogP contribution >= 0.6 is 0 Å². The molecule has 0 amide bonds. The average molecular weight is 880 g/mol. The standard InChI is InChI=1S/C66H45N3/c1-43-39-40-48(42-55(43)64(46-23-8-4-9-24-46)67-44(2)45-21-6-3-7-22-45)52-32-20-36-59-63(52)54-30-13-15-34-57(54)66(59)56-33-14-12-29-53(56)62-51(31-19-35-58(62)66)47-25-18-26-49(41-47)65-68-60-37-16-17-38-61(60)69(65)50-27-10-5-11-28-50/h3-42H,1H2,2H3/b64-55-,67-44?. The molecule has 0 radical (unpaired) electrons. The van der Waals surface area contributed by atoms with Crippen LogP contribution in [-0.2, 0) is 5.41 Å². The summed E-state index contributed by atoms with van der Waals surface area (Å²) in [7, 11) is 0. The molecule has 3 nitrogen and oxygen atoms in total. The van der Waals surface area contributed by atoms with Gasteiger partial charge in [0.25, 0.3) is 0 Å². The lowest BCUT2D eigenvalue weighted by Crippen LogP contribution is -2.26. The summed E-state index contributed by atoms with van der Waals surface area (Å²) in [6, 6.07) is 87.6. The summed E-state index contributed by atoms with van der Waals surface area (Å²) in [6.07, 6.45) is 0. The van der Waals surface area contributed by atoms with Crippen molar-refractivity contribution >= 4 is 29.0 Å². The lowest BCUT2D eigenvalue weighted by atomic mass is 9.70. The zero-order valence-corrected chi connectivity index (χ0v) is 38.1. The summed E-state index contributed by atoms with van der Waals surface area (Å²) in [5, 5.41) is 1.94. The van der Waals surface area contributed by atoms with E-state index in [2.05, 4.69) is 255 Å². The Hall–Kier alpha value is -8.92. The summed E-state index contributed by atoms with van der Waals surface area (Å²) in [4.78, 5) is 10.6. The van der Waals surface area contributed by atoms with Gasteiger partial charge in [-0.15, -0.1) is 0 Å². The topological polar surface area (TPSA) is 30.2 Å². The molecule has 1 heterocycles. The Morgan fingerprint density at radius 1 is 0.449 bits per heavy atom. The highest BCUT2D eigenvalue weighted by molar-refractivity contribution is 6.04. The van der Waals surface area contributed by atoms with Crippen LogP contribution < -0.4 is 10.4 Å². The molecule has 69 heavy (non-hydrogen) atoms. The molecule has 2 aliphatic carbocycles. The minimum absolute atomic E-state index is 0.545. The average Bonchev–Trinajstić information content (AvgIpc) is 4.06. The molecule has 2 aliphatic rings. The van der Waals surface area contributed by atoms with Crippen molar-refractivity contribution in [1.82, 2.24) is 9.55 Å². The molecule has 0 aliphatic heterocycles. The lowest BCUT2D eigenvalue weighted by Gasteiger charge is -2.30. The molecule has 0 saturated carbocycles. The first kappa shape index (κ1) is 40.4. The predicted octanol–water partition coefficient (Wildman–Crippen LogP) is 14.4. The highest BCUT2D eigenvalue weighted by atomic mass is 15.1. The van der Waals surface area contributed by atoms with Gasteiger partial charge in [0, 0.05) is 27.7 Å². The van der Waals surface area contributed by atoms with Crippen LogP contribution in [0.1, 0.15) is 40.3 Å². The number of aromatic nitrogens is 2. The Morgan fingerprint density at radius 3 is 1.62 bits per heavy atom. The second-order valence-corrected chi connectivity index (χ2v) is 18.1. The molecule has 10 aromatic carbocycles. The molecule has 13 rings (SSSR count). The molecule has 11 aromatic rings. The normalized spacial score (nSPS) is 14.9. The first-order valence-electron chi connectivity index (χ1n) is 23.7. The van der Waals surface area contributed by atoms with Gasteiger partial charge < -0.3 is 0 Å². The van der Waals surface area contributed by atoms with Crippen molar-refractivity contribution in [2.45, 2.75) is 12.3 Å². The fourth-order valence-electron chi connectivity index (χ4n) is 11.4. The number of para-hydroxylation sites is 3. The Balaban J connectivity index is 1.02. The number of imidazole rings is 1. The summed E-state index contributed by atoms with van der Waals surface area (Å²) in [6.45, 7) is 6.68. The van der Waals surface area contributed by atoms with Gasteiger partial charge in [-0.1, -0.05) is 213 Å². The van der Waals surface area contributed by atoms with Crippen LogP contribution in [0.5, 0.6) is 0 Å². The molecule has 1 aromatic heterocycles. The summed E-state index contributed by atoms with van der Waals surface area (Å²) < 4.78 is 2.28. The minimum atomic E-state index is -0.545. The SMILES string of the molecule is C=c1ccc(-c2cccc3c2-c2ccccc2C32c3ccccc3-c3c(-c4cccc(-c5nc6ccccc6n5-c5ccccc5)c4)cccc32)c/c1=C(/N=C(C)c1ccccc1)c1ccccc1. The number of rotatable bonds is 7. The van der Waals surface area contributed by atoms with Crippen LogP contribution in [-0.4, -0.2) is 15.3 Å². The van der Waals surface area contributed by atoms with Crippen molar-refractivity contribution in [3.63, 3.8) is 0 Å². The Labute approximate surface area is 402 Å². The van der Waals surface area contributed by atoms with Gasteiger partial charge in [0.2, 0.25) is 0 Å². The van der Waals surface area contributed by atoms with Crippen molar-refractivity contribution in [2.24, 2.45) is 4.99 Å². The number of aliphatic imine (C=N–C) groups is 1. The largest absolute Gasteiger partial charge is 0.292 e. The Morgan fingerprint density at radius 2 is 0.957 bits per heavy atom. The van der Waals surface area contributed by atoms with Crippen molar-refractivity contribution < 1.29 is 0 Å². The maximum atomic E-state index is 5.37. The van der Waals surface area contributed by atoms with Gasteiger partial charge in [-0.25, -0.2) is 4.98 Å². The van der Waals surface area contributed by atoms with E-state index in [4.69, 9.17) is 9.98 Å². The third kappa shape index (κ3) is 6.28. The van der Waals surface area contributed by atoms with E-state index < -0.39 is 5.41 Å². The van der Waals surface area contributed by atoms with Crippen LogP contribution in [0.2, 0.25) is 0 Å². The van der Waals surface area contributed by atoms with Gasteiger partial charge in [-0.2, -0.15) is 0 Å². The van der Waals surface area contributed by atoms with Crippen LogP contribution in [0.3, 0.4) is 0 Å². The van der Waals surface area contributed by atoms with Gasteiger partial charge in [-0.05, 0) is 121 Å². The fourth-order valence-corrected chi connectivity index (χ4v) is 11.4. The second kappa shape index (κ2) is 16.2. The van der Waals surface area contributed by atoms with Crippen LogP contribution in [0.15, 0.2) is 248 Å². The summed E-state index contributed by atoms with van der Waals surface area (Å²) in [5.41, 5.74) is 22.5. The number of hydrogen-bond acceptors (Lipinski definition) is 2. The number of benzene rings is 10.